The van der Waals surface area contributed by atoms with Crippen LogP contribution >= 0.6 is 0 Å². The predicted molar refractivity (Wildman–Crippen MR) is 118 cm³/mol. The second kappa shape index (κ2) is 8.86. The zero-order chi connectivity index (χ0) is 19.1. The molecule has 0 saturated heterocycles. The molecule has 3 rings (SSSR count). The Morgan fingerprint density at radius 2 is 1.33 bits per heavy atom. The summed E-state index contributed by atoms with van der Waals surface area (Å²) in [5.41, 5.74) is 7.08. The molecule has 0 saturated carbocycles. The summed E-state index contributed by atoms with van der Waals surface area (Å²) in [6.07, 6.45) is 7.95. The number of anilines is 2. The van der Waals surface area contributed by atoms with Crippen LogP contribution in [-0.4, -0.2) is 0 Å². The summed E-state index contributed by atoms with van der Waals surface area (Å²) in [6, 6.07) is 27.8. The smallest absolute Gasteiger partial charge is 0.0461 e. The summed E-state index contributed by atoms with van der Waals surface area (Å²) in [5, 5.41) is 0. The minimum Gasteiger partial charge on any atom is -0.311 e. The van der Waals surface area contributed by atoms with Crippen molar-refractivity contribution in [2.75, 3.05) is 4.90 Å². The Labute approximate surface area is 162 Å². The van der Waals surface area contributed by atoms with E-state index in [-0.39, 0.29) is 0 Å². The average molecular weight is 351 g/mol. The Bertz CT molecular complexity index is 930. The lowest BCUT2D eigenvalue weighted by molar-refractivity contribution is 1.20. The van der Waals surface area contributed by atoms with E-state index in [1.165, 1.54) is 16.7 Å². The van der Waals surface area contributed by atoms with Gasteiger partial charge in [0.2, 0.25) is 0 Å². The number of hydrogen-bond acceptors (Lipinski definition) is 1. The topological polar surface area (TPSA) is 3.24 Å². The van der Waals surface area contributed by atoms with Gasteiger partial charge in [0.1, 0.15) is 0 Å². The van der Waals surface area contributed by atoms with Crippen molar-refractivity contribution in [3.63, 3.8) is 0 Å². The molecular weight excluding hydrogens is 326 g/mol. The van der Waals surface area contributed by atoms with E-state index < -0.39 is 0 Å². The molecule has 0 aliphatic rings. The molecule has 0 aliphatic heterocycles. The van der Waals surface area contributed by atoms with Crippen LogP contribution in [0.25, 0.3) is 11.1 Å². The fraction of sp³-hybridized carbons (Fsp3) is 0.0769. The lowest BCUT2D eigenvalue weighted by atomic mass is 10.0. The molecule has 0 heterocycles. The maximum absolute atomic E-state index is 3.79. The van der Waals surface area contributed by atoms with Gasteiger partial charge < -0.3 is 4.90 Å². The molecule has 134 valence electrons. The molecule has 27 heavy (non-hydrogen) atoms. The zero-order valence-electron chi connectivity index (χ0n) is 16.0. The predicted octanol–water partition coefficient (Wildman–Crippen LogP) is 7.45. The molecular formula is C26H25N. The Balaban J connectivity index is 2.00. The number of hydrogen-bond donors (Lipinski definition) is 0. The number of rotatable bonds is 6. The van der Waals surface area contributed by atoms with Gasteiger partial charge in [-0.2, -0.15) is 0 Å². The first kappa shape index (κ1) is 18.5. The fourth-order valence-electron chi connectivity index (χ4n) is 3.04. The molecule has 0 radical (unpaired) electrons. The zero-order valence-corrected chi connectivity index (χ0v) is 16.0. The highest BCUT2D eigenvalue weighted by Gasteiger charge is 2.12. The molecule has 3 aromatic carbocycles. The van der Waals surface area contributed by atoms with Gasteiger partial charge in [0, 0.05) is 17.1 Å². The lowest BCUT2D eigenvalue weighted by Gasteiger charge is -2.26. The van der Waals surface area contributed by atoms with E-state index in [1.807, 2.05) is 12.1 Å². The SMILES string of the molecule is C=C/C=C\C(=C/C)N(c1ccccc1)c1ccc(-c2ccc(C)cc2)cc1. The van der Waals surface area contributed by atoms with Crippen molar-refractivity contribution in [1.29, 1.82) is 0 Å². The van der Waals surface area contributed by atoms with Crippen LogP contribution < -0.4 is 4.90 Å². The molecule has 0 amide bonds. The molecule has 1 heteroatoms. The van der Waals surface area contributed by atoms with E-state index in [4.69, 9.17) is 0 Å². The number of allylic oxidation sites excluding steroid dienone is 4. The minimum atomic E-state index is 1.10. The molecule has 0 atom stereocenters. The van der Waals surface area contributed by atoms with Crippen LogP contribution in [0, 0.1) is 6.92 Å². The normalized spacial score (nSPS) is 11.6. The summed E-state index contributed by atoms with van der Waals surface area (Å²) in [5.74, 6) is 0. The van der Waals surface area contributed by atoms with Crippen molar-refractivity contribution in [3.05, 3.63) is 121 Å². The van der Waals surface area contributed by atoms with Crippen molar-refractivity contribution in [2.24, 2.45) is 0 Å². The second-order valence-electron chi connectivity index (χ2n) is 6.39. The number of benzene rings is 3. The maximum atomic E-state index is 3.79. The molecule has 0 bridgehead atoms. The van der Waals surface area contributed by atoms with Crippen molar-refractivity contribution < 1.29 is 0 Å². The number of nitrogens with zero attached hydrogens (tertiary/aromatic N) is 1. The van der Waals surface area contributed by atoms with E-state index >= 15 is 0 Å². The van der Waals surface area contributed by atoms with Gasteiger partial charge in [-0.3, -0.25) is 0 Å². The minimum absolute atomic E-state index is 1.10. The Hall–Kier alpha value is -3.32. The molecule has 0 fully saturated rings. The Kier molecular flexibility index (Phi) is 6.06. The second-order valence-corrected chi connectivity index (χ2v) is 6.39. The third-order valence-corrected chi connectivity index (χ3v) is 4.48. The molecule has 1 nitrogen and oxygen atoms in total. The van der Waals surface area contributed by atoms with Crippen LogP contribution in [0.15, 0.2) is 115 Å². The largest absolute Gasteiger partial charge is 0.311 e. The maximum Gasteiger partial charge on any atom is 0.0461 e. The van der Waals surface area contributed by atoms with Gasteiger partial charge in [-0.15, -0.1) is 0 Å². The lowest BCUT2D eigenvalue weighted by Crippen LogP contribution is -2.14. The molecule has 0 spiro atoms. The monoisotopic (exact) mass is 351 g/mol. The first-order valence-corrected chi connectivity index (χ1v) is 9.20. The van der Waals surface area contributed by atoms with Gasteiger partial charge in [-0.1, -0.05) is 85.0 Å². The molecule has 3 aromatic rings. The van der Waals surface area contributed by atoms with Crippen LogP contribution in [0.5, 0.6) is 0 Å². The van der Waals surface area contributed by atoms with Gasteiger partial charge in [0.25, 0.3) is 0 Å². The van der Waals surface area contributed by atoms with E-state index in [0.29, 0.717) is 0 Å². The van der Waals surface area contributed by atoms with Crippen LogP contribution in [0.3, 0.4) is 0 Å². The highest BCUT2D eigenvalue weighted by molar-refractivity contribution is 5.73. The molecule has 0 unspecified atom stereocenters. The number of aryl methyl sites for hydroxylation is 1. The number of para-hydroxylation sites is 1. The van der Waals surface area contributed by atoms with Gasteiger partial charge >= 0.3 is 0 Å². The highest BCUT2D eigenvalue weighted by Crippen LogP contribution is 2.32. The van der Waals surface area contributed by atoms with Crippen molar-refractivity contribution in [3.8, 4) is 11.1 Å². The fourth-order valence-corrected chi connectivity index (χ4v) is 3.04. The summed E-state index contributed by atoms with van der Waals surface area (Å²) in [7, 11) is 0. The third-order valence-electron chi connectivity index (χ3n) is 4.48. The molecule has 0 aliphatic carbocycles. The summed E-state index contributed by atoms with van der Waals surface area (Å²) >= 11 is 0. The van der Waals surface area contributed by atoms with Crippen molar-refractivity contribution >= 4 is 11.4 Å². The standard InChI is InChI=1S/C26H25N/c1-4-6-10-24(5-2)27(25-11-8-7-9-12-25)26-19-17-23(18-20-26)22-15-13-21(3)14-16-22/h4-20H,1H2,2-3H3/b10-6-,24-5+. The van der Waals surface area contributed by atoms with Crippen LogP contribution in [0.1, 0.15) is 12.5 Å². The highest BCUT2D eigenvalue weighted by atomic mass is 15.1. The Morgan fingerprint density at radius 1 is 0.778 bits per heavy atom. The molecule has 0 N–H and O–H groups in total. The Morgan fingerprint density at radius 3 is 1.89 bits per heavy atom. The van der Waals surface area contributed by atoms with Gasteiger partial charge in [-0.25, -0.2) is 0 Å². The molecule has 0 aromatic heterocycles. The third kappa shape index (κ3) is 4.45. The summed E-state index contributed by atoms with van der Waals surface area (Å²) < 4.78 is 0. The van der Waals surface area contributed by atoms with Crippen LogP contribution in [0.4, 0.5) is 11.4 Å². The van der Waals surface area contributed by atoms with Gasteiger partial charge in [-0.05, 0) is 55.3 Å². The first-order chi connectivity index (χ1) is 13.2. The quantitative estimate of drug-likeness (QED) is 0.417. The van der Waals surface area contributed by atoms with Gasteiger partial charge in [0.05, 0.1) is 0 Å². The van der Waals surface area contributed by atoms with E-state index in [1.54, 1.807) is 6.08 Å². The van der Waals surface area contributed by atoms with Crippen molar-refractivity contribution in [1.82, 2.24) is 0 Å². The first-order valence-electron chi connectivity index (χ1n) is 9.20. The van der Waals surface area contributed by atoms with E-state index in [0.717, 1.165) is 17.1 Å². The van der Waals surface area contributed by atoms with Crippen LogP contribution in [-0.2, 0) is 0 Å². The van der Waals surface area contributed by atoms with Crippen LogP contribution in [0.2, 0.25) is 0 Å². The average Bonchev–Trinajstić information content (AvgIpc) is 2.72. The van der Waals surface area contributed by atoms with Gasteiger partial charge in [0.15, 0.2) is 0 Å². The summed E-state index contributed by atoms with van der Waals surface area (Å²) in [6.45, 7) is 7.96. The van der Waals surface area contributed by atoms with E-state index in [9.17, 15) is 0 Å². The summed E-state index contributed by atoms with van der Waals surface area (Å²) in [4.78, 5) is 2.25. The van der Waals surface area contributed by atoms with Crippen molar-refractivity contribution in [2.45, 2.75) is 13.8 Å². The van der Waals surface area contributed by atoms with E-state index in [2.05, 4.69) is 110 Å².